The molecular weight excluding hydrogens is 220 g/mol. The summed E-state index contributed by atoms with van der Waals surface area (Å²) < 4.78 is 59.3. The molecule has 0 N–H and O–H groups in total. The minimum absolute atomic E-state index is 0.0416. The van der Waals surface area contributed by atoms with Crippen LogP contribution < -0.4 is 0 Å². The Morgan fingerprint density at radius 1 is 1.41 bits per heavy atom. The first-order chi connectivity index (χ1) is 9.49. The quantitative estimate of drug-likeness (QED) is 0.715. The van der Waals surface area contributed by atoms with Gasteiger partial charge < -0.3 is 0 Å². The fourth-order valence-electron chi connectivity index (χ4n) is 3.62. The van der Waals surface area contributed by atoms with Crippen LogP contribution in [0.4, 0.5) is 8.78 Å². The molecule has 2 saturated heterocycles. The number of hydrogen-bond acceptors (Lipinski definition) is 1. The molecule has 1 spiro atoms. The highest BCUT2D eigenvalue weighted by molar-refractivity contribution is 5.29. The molecule has 0 amide bonds. The predicted octanol–water partition coefficient (Wildman–Crippen LogP) is 3.81. The van der Waals surface area contributed by atoms with Crippen molar-refractivity contribution < 1.29 is 14.3 Å². The van der Waals surface area contributed by atoms with Crippen LogP contribution in [0.2, 0.25) is 0 Å². The zero-order chi connectivity index (χ0) is 15.8. The largest absolute Gasteiger partial charge is 0.293 e. The van der Waals surface area contributed by atoms with Crippen molar-refractivity contribution in [3.05, 3.63) is 11.7 Å². The van der Waals surface area contributed by atoms with Crippen LogP contribution in [0.1, 0.15) is 51.4 Å². The van der Waals surface area contributed by atoms with Crippen molar-refractivity contribution in [1.82, 2.24) is 4.90 Å². The van der Waals surface area contributed by atoms with Crippen molar-refractivity contribution >= 4 is 0 Å². The van der Waals surface area contributed by atoms with Gasteiger partial charge in [-0.05, 0) is 49.9 Å². The van der Waals surface area contributed by atoms with Crippen LogP contribution >= 0.6 is 0 Å². The summed E-state index contributed by atoms with van der Waals surface area (Å²) in [6.45, 7) is -0.296. The van der Waals surface area contributed by atoms with Gasteiger partial charge in [0, 0.05) is 23.1 Å². The summed E-state index contributed by atoms with van der Waals surface area (Å²) in [7, 11) is 0. The van der Waals surface area contributed by atoms with Gasteiger partial charge in [0.05, 0.1) is 0 Å². The van der Waals surface area contributed by atoms with E-state index in [0.29, 0.717) is 6.42 Å². The van der Waals surface area contributed by atoms with Crippen molar-refractivity contribution in [2.24, 2.45) is 11.3 Å². The zero-order valence-electron chi connectivity index (χ0n) is 14.3. The highest BCUT2D eigenvalue weighted by Crippen LogP contribution is 2.68. The highest BCUT2D eigenvalue weighted by atomic mass is 19.3. The Kier molecular flexibility index (Phi) is 1.64. The van der Waals surface area contributed by atoms with Crippen molar-refractivity contribution in [3.63, 3.8) is 0 Å². The molecule has 1 nitrogen and oxygen atoms in total. The second-order valence-corrected chi connectivity index (χ2v) is 6.11. The molecule has 3 aliphatic rings. The summed E-state index contributed by atoms with van der Waals surface area (Å²) in [5.74, 6) is 0.205. The molecule has 3 heteroatoms. The standard InChI is InChI=1S/C14H21F2N/c1-10(2)7-14-8-11(12(15)16)9-17(14)6-5-13(14)3-4-13/h10H,3-9H2,1-2H3/t14-/m1/s1/i6D2,9D2. The fourth-order valence-corrected chi connectivity index (χ4v) is 3.62. The van der Waals surface area contributed by atoms with Gasteiger partial charge in [-0.1, -0.05) is 13.8 Å². The molecule has 0 unspecified atom stereocenters. The molecule has 2 heterocycles. The molecule has 2 aliphatic heterocycles. The molecule has 0 bridgehead atoms. The normalized spacial score (nSPS) is 44.2. The average molecular weight is 245 g/mol. The second-order valence-electron chi connectivity index (χ2n) is 6.11. The van der Waals surface area contributed by atoms with Crippen LogP contribution in [0.3, 0.4) is 0 Å². The van der Waals surface area contributed by atoms with Gasteiger partial charge in [-0.15, -0.1) is 0 Å². The monoisotopic (exact) mass is 245 g/mol. The number of hydrogen-bond donors (Lipinski definition) is 0. The van der Waals surface area contributed by atoms with Crippen LogP contribution in [0.5, 0.6) is 0 Å². The third-order valence-corrected chi connectivity index (χ3v) is 4.53. The van der Waals surface area contributed by atoms with E-state index in [1.807, 2.05) is 13.8 Å². The van der Waals surface area contributed by atoms with Gasteiger partial charge in [-0.25, -0.2) is 0 Å². The van der Waals surface area contributed by atoms with E-state index in [0.717, 1.165) is 17.7 Å². The Balaban J connectivity index is 2.19. The van der Waals surface area contributed by atoms with E-state index in [4.69, 9.17) is 5.48 Å². The Bertz CT molecular complexity index is 509. The van der Waals surface area contributed by atoms with Crippen molar-refractivity contribution in [3.8, 4) is 0 Å². The summed E-state index contributed by atoms with van der Waals surface area (Å²) in [5.41, 5.74) is -1.64. The zero-order valence-corrected chi connectivity index (χ0v) is 10.3. The van der Waals surface area contributed by atoms with Gasteiger partial charge in [-0.2, -0.15) is 8.78 Å². The lowest BCUT2D eigenvalue weighted by atomic mass is 9.74. The molecule has 0 radical (unpaired) electrons. The Hall–Kier alpha value is -0.440. The highest BCUT2D eigenvalue weighted by Gasteiger charge is 2.67. The molecule has 17 heavy (non-hydrogen) atoms. The van der Waals surface area contributed by atoms with Crippen molar-refractivity contribution in [2.45, 2.75) is 51.5 Å². The van der Waals surface area contributed by atoms with Gasteiger partial charge in [-0.3, -0.25) is 4.90 Å². The van der Waals surface area contributed by atoms with E-state index in [1.165, 1.54) is 0 Å². The lowest BCUT2D eigenvalue weighted by Crippen LogP contribution is -2.45. The first-order valence-corrected chi connectivity index (χ1v) is 6.34. The number of rotatable bonds is 2. The SMILES string of the molecule is [2H]C1([2H])CC2(CC2)[C@@]2(CC(C)C)CC(=C(F)F)C([2H])([2H])N12. The molecule has 3 rings (SSSR count). The van der Waals surface area contributed by atoms with Gasteiger partial charge >= 0.3 is 0 Å². The minimum atomic E-state index is -2.40. The van der Waals surface area contributed by atoms with E-state index < -0.39 is 30.2 Å². The molecule has 0 aromatic heterocycles. The summed E-state index contributed by atoms with van der Waals surface area (Å²) in [6, 6.07) is 0. The molecular formula is C14H21F2N. The van der Waals surface area contributed by atoms with Crippen LogP contribution in [-0.2, 0) is 0 Å². The van der Waals surface area contributed by atoms with Crippen molar-refractivity contribution in [1.29, 1.82) is 0 Å². The van der Waals surface area contributed by atoms with Gasteiger partial charge in [0.25, 0.3) is 6.08 Å². The predicted molar refractivity (Wildman–Crippen MR) is 63.9 cm³/mol. The topological polar surface area (TPSA) is 3.24 Å². The maximum absolute atomic E-state index is 13.3. The van der Waals surface area contributed by atoms with Crippen molar-refractivity contribution in [2.75, 3.05) is 13.0 Å². The summed E-state index contributed by atoms with van der Waals surface area (Å²) in [6.07, 6.45) is 0.417. The number of nitrogens with zero attached hydrogens (tertiary/aromatic N) is 1. The smallest absolute Gasteiger partial charge is 0.270 e. The maximum Gasteiger partial charge on any atom is 0.270 e. The van der Waals surface area contributed by atoms with Gasteiger partial charge in [0.15, 0.2) is 0 Å². The summed E-state index contributed by atoms with van der Waals surface area (Å²) in [5, 5.41) is 0. The van der Waals surface area contributed by atoms with E-state index in [2.05, 4.69) is 0 Å². The fraction of sp³-hybridized carbons (Fsp3) is 0.857. The summed E-state index contributed by atoms with van der Waals surface area (Å²) in [4.78, 5) is 1.16. The van der Waals surface area contributed by atoms with E-state index >= 15 is 0 Å². The van der Waals surface area contributed by atoms with E-state index in [1.54, 1.807) is 0 Å². The number of halogens is 2. The molecule has 3 fully saturated rings. The van der Waals surface area contributed by atoms with Crippen LogP contribution in [-0.4, -0.2) is 23.4 Å². The van der Waals surface area contributed by atoms with Crippen LogP contribution in [0, 0.1) is 11.3 Å². The molecule has 1 atom stereocenters. The minimum Gasteiger partial charge on any atom is -0.293 e. The summed E-state index contributed by atoms with van der Waals surface area (Å²) >= 11 is 0. The molecule has 0 aromatic carbocycles. The average Bonchev–Trinajstić information content (AvgIpc) is 2.93. The van der Waals surface area contributed by atoms with Crippen LogP contribution in [0.15, 0.2) is 11.7 Å². The van der Waals surface area contributed by atoms with Crippen LogP contribution in [0.25, 0.3) is 0 Å². The number of fused-ring (bicyclic) bond motifs is 2. The Labute approximate surface area is 107 Å². The molecule has 96 valence electrons. The lowest BCUT2D eigenvalue weighted by Gasteiger charge is -2.39. The first-order valence-electron chi connectivity index (χ1n) is 8.34. The van der Waals surface area contributed by atoms with Gasteiger partial charge in [0.2, 0.25) is 0 Å². The lowest BCUT2D eigenvalue weighted by molar-refractivity contribution is 0.108. The maximum atomic E-state index is 13.3. The third kappa shape index (κ3) is 1.51. The molecule has 1 aliphatic carbocycles. The Morgan fingerprint density at radius 3 is 2.65 bits per heavy atom. The third-order valence-electron chi connectivity index (χ3n) is 4.53. The first kappa shape index (κ1) is 7.88. The molecule has 1 saturated carbocycles. The van der Waals surface area contributed by atoms with E-state index in [-0.39, 0.29) is 24.2 Å². The van der Waals surface area contributed by atoms with Gasteiger partial charge in [0.1, 0.15) is 0 Å². The van der Waals surface area contributed by atoms with E-state index in [9.17, 15) is 8.78 Å². The Morgan fingerprint density at radius 2 is 2.12 bits per heavy atom. The molecule has 0 aromatic rings. The second kappa shape index (κ2) is 3.53.